The zero-order chi connectivity index (χ0) is 14.7. The van der Waals surface area contributed by atoms with Crippen molar-refractivity contribution in [1.82, 2.24) is 5.32 Å². The highest BCUT2D eigenvalue weighted by atomic mass is 35.5. The molecule has 1 unspecified atom stereocenters. The highest BCUT2D eigenvalue weighted by Crippen LogP contribution is 2.31. The van der Waals surface area contributed by atoms with Gasteiger partial charge in [-0.1, -0.05) is 29.8 Å². The first-order valence-electron chi connectivity index (χ1n) is 6.68. The van der Waals surface area contributed by atoms with E-state index in [2.05, 4.69) is 36.5 Å². The van der Waals surface area contributed by atoms with E-state index in [1.807, 2.05) is 26.1 Å². The van der Waals surface area contributed by atoms with Crippen molar-refractivity contribution in [2.75, 3.05) is 14.2 Å². The maximum absolute atomic E-state index is 6.39. The molecule has 0 radical (unpaired) electrons. The minimum absolute atomic E-state index is 0.245. The van der Waals surface area contributed by atoms with Gasteiger partial charge < -0.3 is 10.1 Å². The third-order valence-electron chi connectivity index (χ3n) is 3.63. The molecule has 0 bridgehead atoms. The van der Waals surface area contributed by atoms with E-state index in [1.54, 1.807) is 7.11 Å². The number of hydrogen-bond acceptors (Lipinski definition) is 2. The lowest BCUT2D eigenvalue weighted by atomic mass is 9.99. The molecule has 0 saturated carbocycles. The Morgan fingerprint density at radius 1 is 1.10 bits per heavy atom. The van der Waals surface area contributed by atoms with Gasteiger partial charge in [-0.25, -0.2) is 0 Å². The highest BCUT2D eigenvalue weighted by molar-refractivity contribution is 6.31. The molecule has 0 saturated heterocycles. The Morgan fingerprint density at radius 3 is 2.30 bits per heavy atom. The molecular weight excluding hydrogens is 270 g/mol. The normalized spacial score (nSPS) is 12.2. The van der Waals surface area contributed by atoms with Crippen molar-refractivity contribution < 1.29 is 4.74 Å². The van der Waals surface area contributed by atoms with Crippen molar-refractivity contribution in [2.24, 2.45) is 0 Å². The Labute approximate surface area is 125 Å². The van der Waals surface area contributed by atoms with Crippen LogP contribution in [0.1, 0.15) is 24.1 Å². The van der Waals surface area contributed by atoms with Crippen LogP contribution < -0.4 is 10.1 Å². The van der Waals surface area contributed by atoms with Gasteiger partial charge in [0.15, 0.2) is 0 Å². The number of halogens is 1. The zero-order valence-corrected chi connectivity index (χ0v) is 13.1. The first-order valence-corrected chi connectivity index (χ1v) is 7.06. The van der Waals surface area contributed by atoms with E-state index in [0.29, 0.717) is 0 Å². The molecule has 0 aliphatic heterocycles. The Balaban J connectivity index is 2.39. The quantitative estimate of drug-likeness (QED) is 0.888. The first kappa shape index (κ1) is 14.9. The number of aryl methyl sites for hydroxylation is 1. The van der Waals surface area contributed by atoms with Gasteiger partial charge in [-0.2, -0.15) is 0 Å². The van der Waals surface area contributed by atoms with Gasteiger partial charge in [-0.05, 0) is 61.3 Å². The molecule has 20 heavy (non-hydrogen) atoms. The Bertz CT molecular complexity index is 610. The molecular formula is C17H20ClNO. The Hall–Kier alpha value is -1.51. The topological polar surface area (TPSA) is 21.3 Å². The average molecular weight is 290 g/mol. The minimum Gasteiger partial charge on any atom is -0.496 e. The fraction of sp³-hybridized carbons (Fsp3) is 0.294. The number of hydrogen-bond donors (Lipinski definition) is 1. The zero-order valence-electron chi connectivity index (χ0n) is 12.3. The molecule has 0 heterocycles. The van der Waals surface area contributed by atoms with Gasteiger partial charge in [0.05, 0.1) is 7.11 Å². The number of benzene rings is 2. The summed E-state index contributed by atoms with van der Waals surface area (Å²) in [6.07, 6.45) is 0. The SMILES string of the molecule is CNC(C)c1ccc(-c2ccc(OC)c(C)c2)cc1Cl. The summed E-state index contributed by atoms with van der Waals surface area (Å²) in [5.41, 5.74) is 4.50. The molecule has 0 aromatic heterocycles. The summed E-state index contributed by atoms with van der Waals surface area (Å²) in [4.78, 5) is 0. The average Bonchev–Trinajstić information content (AvgIpc) is 2.46. The fourth-order valence-electron chi connectivity index (χ4n) is 2.27. The van der Waals surface area contributed by atoms with Gasteiger partial charge >= 0.3 is 0 Å². The molecule has 0 spiro atoms. The number of ether oxygens (including phenoxy) is 1. The lowest BCUT2D eigenvalue weighted by Gasteiger charge is -2.14. The van der Waals surface area contributed by atoms with Gasteiger partial charge in [0, 0.05) is 11.1 Å². The van der Waals surface area contributed by atoms with Crippen LogP contribution in [0.5, 0.6) is 5.75 Å². The summed E-state index contributed by atoms with van der Waals surface area (Å²) in [6, 6.07) is 12.6. The van der Waals surface area contributed by atoms with Gasteiger partial charge in [0.2, 0.25) is 0 Å². The molecule has 1 atom stereocenters. The fourth-order valence-corrected chi connectivity index (χ4v) is 2.62. The standard InChI is InChI=1S/C17H20ClNO/c1-11-9-13(6-8-17(11)20-4)14-5-7-15(12(2)19-3)16(18)10-14/h5-10,12,19H,1-4H3. The van der Waals surface area contributed by atoms with Crippen LogP contribution in [-0.2, 0) is 0 Å². The van der Waals surface area contributed by atoms with E-state index >= 15 is 0 Å². The van der Waals surface area contributed by atoms with Crippen molar-refractivity contribution in [3.05, 3.63) is 52.5 Å². The second kappa shape index (κ2) is 6.29. The summed E-state index contributed by atoms with van der Waals surface area (Å²) < 4.78 is 5.29. The molecule has 0 aliphatic carbocycles. The predicted molar refractivity (Wildman–Crippen MR) is 85.7 cm³/mol. The van der Waals surface area contributed by atoms with Crippen LogP contribution in [0, 0.1) is 6.92 Å². The van der Waals surface area contributed by atoms with E-state index in [1.165, 1.54) is 0 Å². The van der Waals surface area contributed by atoms with E-state index < -0.39 is 0 Å². The minimum atomic E-state index is 0.245. The monoisotopic (exact) mass is 289 g/mol. The van der Waals surface area contributed by atoms with Gasteiger partial charge in [-0.3, -0.25) is 0 Å². The summed E-state index contributed by atoms with van der Waals surface area (Å²) in [5, 5.41) is 3.99. The molecule has 0 aliphatic rings. The van der Waals surface area contributed by atoms with Crippen LogP contribution >= 0.6 is 11.6 Å². The molecule has 2 rings (SSSR count). The maximum atomic E-state index is 6.39. The Morgan fingerprint density at radius 2 is 1.75 bits per heavy atom. The summed E-state index contributed by atoms with van der Waals surface area (Å²) >= 11 is 6.39. The van der Waals surface area contributed by atoms with Crippen LogP contribution in [-0.4, -0.2) is 14.2 Å². The van der Waals surface area contributed by atoms with E-state index in [-0.39, 0.29) is 6.04 Å². The lowest BCUT2D eigenvalue weighted by molar-refractivity contribution is 0.412. The summed E-state index contributed by atoms with van der Waals surface area (Å²) in [6.45, 7) is 4.14. The third-order valence-corrected chi connectivity index (χ3v) is 3.96. The lowest BCUT2D eigenvalue weighted by Crippen LogP contribution is -2.12. The number of methoxy groups -OCH3 is 1. The van der Waals surface area contributed by atoms with Crippen LogP contribution in [0.2, 0.25) is 5.02 Å². The summed E-state index contributed by atoms with van der Waals surface area (Å²) in [5.74, 6) is 0.903. The molecule has 2 nitrogen and oxygen atoms in total. The molecule has 0 amide bonds. The van der Waals surface area contributed by atoms with Gasteiger partial charge in [0.1, 0.15) is 5.75 Å². The molecule has 1 N–H and O–H groups in total. The number of rotatable bonds is 4. The van der Waals surface area contributed by atoms with Gasteiger partial charge in [0.25, 0.3) is 0 Å². The predicted octanol–water partition coefficient (Wildman–Crippen LogP) is 4.60. The Kier molecular flexibility index (Phi) is 4.69. The van der Waals surface area contributed by atoms with Crippen LogP contribution in [0.25, 0.3) is 11.1 Å². The summed E-state index contributed by atoms with van der Waals surface area (Å²) in [7, 11) is 3.62. The molecule has 2 aromatic rings. The smallest absolute Gasteiger partial charge is 0.121 e. The van der Waals surface area contributed by atoms with Crippen LogP contribution in [0.15, 0.2) is 36.4 Å². The van der Waals surface area contributed by atoms with E-state index in [9.17, 15) is 0 Å². The van der Waals surface area contributed by atoms with Gasteiger partial charge in [-0.15, -0.1) is 0 Å². The van der Waals surface area contributed by atoms with Crippen molar-refractivity contribution in [1.29, 1.82) is 0 Å². The largest absolute Gasteiger partial charge is 0.496 e. The molecule has 106 valence electrons. The van der Waals surface area contributed by atoms with Crippen molar-refractivity contribution in [3.8, 4) is 16.9 Å². The van der Waals surface area contributed by atoms with Crippen molar-refractivity contribution in [3.63, 3.8) is 0 Å². The second-order valence-corrected chi connectivity index (χ2v) is 5.34. The highest BCUT2D eigenvalue weighted by Gasteiger charge is 2.09. The second-order valence-electron chi connectivity index (χ2n) is 4.93. The maximum Gasteiger partial charge on any atom is 0.121 e. The molecule has 3 heteroatoms. The van der Waals surface area contributed by atoms with E-state index in [4.69, 9.17) is 16.3 Å². The molecule has 0 fully saturated rings. The van der Waals surface area contributed by atoms with Crippen molar-refractivity contribution >= 4 is 11.6 Å². The van der Waals surface area contributed by atoms with Crippen LogP contribution in [0.3, 0.4) is 0 Å². The third kappa shape index (κ3) is 2.97. The number of nitrogens with one attached hydrogen (secondary N) is 1. The first-order chi connectivity index (χ1) is 9.56. The van der Waals surface area contributed by atoms with Crippen LogP contribution in [0.4, 0.5) is 0 Å². The van der Waals surface area contributed by atoms with E-state index in [0.717, 1.165) is 33.0 Å². The molecule has 2 aromatic carbocycles. The van der Waals surface area contributed by atoms with Crippen molar-refractivity contribution in [2.45, 2.75) is 19.9 Å².